The molecule has 34 heavy (non-hydrogen) atoms. The first-order valence-electron chi connectivity index (χ1n) is 9.51. The Morgan fingerprint density at radius 1 is 1.32 bits per heavy atom. The molecule has 0 saturated carbocycles. The molecule has 1 aromatic carbocycles. The van der Waals surface area contributed by atoms with E-state index in [1.807, 2.05) is 0 Å². The van der Waals surface area contributed by atoms with Gasteiger partial charge in [-0.1, -0.05) is 16.8 Å². The van der Waals surface area contributed by atoms with Crippen LogP contribution in [-0.2, 0) is 9.63 Å². The predicted molar refractivity (Wildman–Crippen MR) is 117 cm³/mol. The normalized spacial score (nSPS) is 11.9. The molecule has 4 rings (SSSR count). The average Bonchev–Trinajstić information content (AvgIpc) is 3.23. The fraction of sp³-hybridized carbons (Fsp3) is 0.143. The molecule has 174 valence electrons. The summed E-state index contributed by atoms with van der Waals surface area (Å²) in [5, 5.41) is 16.8. The van der Waals surface area contributed by atoms with Crippen molar-refractivity contribution in [2.45, 2.75) is 13.3 Å². The summed E-state index contributed by atoms with van der Waals surface area (Å²) >= 11 is 6.16. The number of aromatic nitrogens is 4. The van der Waals surface area contributed by atoms with Crippen LogP contribution in [0.5, 0.6) is 0 Å². The van der Waals surface area contributed by atoms with Gasteiger partial charge in [-0.3, -0.25) is 0 Å². The number of aliphatic carboxylic acids is 1. The maximum absolute atomic E-state index is 13.4. The van der Waals surface area contributed by atoms with Gasteiger partial charge in [-0.25, -0.2) is 33.0 Å². The van der Waals surface area contributed by atoms with E-state index >= 15 is 0 Å². The highest BCUT2D eigenvalue weighted by molar-refractivity contribution is 6.42. The Bertz CT molecular complexity index is 1520. The first-order valence-corrected chi connectivity index (χ1v) is 9.88. The lowest BCUT2D eigenvalue weighted by Gasteiger charge is -2.09. The largest absolute Gasteiger partial charge is 0.476 e. The molecule has 0 bridgehead atoms. The summed E-state index contributed by atoms with van der Waals surface area (Å²) in [5.41, 5.74) is -1.34. The molecule has 0 amide bonds. The molecule has 3 aromatic heterocycles. The fourth-order valence-corrected chi connectivity index (χ4v) is 3.46. The first kappa shape index (κ1) is 23.0. The van der Waals surface area contributed by atoms with Crippen LogP contribution in [-0.4, -0.2) is 43.6 Å². The number of pyridine rings is 1. The van der Waals surface area contributed by atoms with Gasteiger partial charge in [0.25, 0.3) is 6.43 Å². The summed E-state index contributed by atoms with van der Waals surface area (Å²) in [5.74, 6) is -1.65. The molecule has 1 N–H and O–H groups in total. The van der Waals surface area contributed by atoms with Crippen molar-refractivity contribution in [3.8, 4) is 17.4 Å². The van der Waals surface area contributed by atoms with E-state index in [0.29, 0.717) is 5.56 Å². The number of oxime groups is 1. The lowest BCUT2D eigenvalue weighted by atomic mass is 10.0. The van der Waals surface area contributed by atoms with Gasteiger partial charge in [0.05, 0.1) is 15.9 Å². The molecule has 0 saturated heterocycles. The summed E-state index contributed by atoms with van der Waals surface area (Å²) in [4.78, 5) is 37.3. The fourth-order valence-electron chi connectivity index (χ4n) is 3.26. The minimum atomic E-state index is -2.92. The van der Waals surface area contributed by atoms with Gasteiger partial charge in [-0.05, 0) is 42.8 Å². The molecule has 0 radical (unpaired) electrons. The van der Waals surface area contributed by atoms with E-state index in [-0.39, 0.29) is 38.9 Å². The lowest BCUT2D eigenvalue weighted by Crippen LogP contribution is -2.16. The minimum Gasteiger partial charge on any atom is -0.476 e. The molecule has 0 fully saturated rings. The Balaban J connectivity index is 1.96. The number of halogens is 3. The molecule has 0 spiro atoms. The number of aryl methyl sites for hydroxylation is 1. The zero-order valence-corrected chi connectivity index (χ0v) is 18.2. The number of carboxylic acids is 1. The van der Waals surface area contributed by atoms with Gasteiger partial charge in [0.15, 0.2) is 11.5 Å². The summed E-state index contributed by atoms with van der Waals surface area (Å²) < 4.78 is 33.2. The van der Waals surface area contributed by atoms with Crippen molar-refractivity contribution in [1.29, 1.82) is 0 Å². The van der Waals surface area contributed by atoms with Crippen molar-refractivity contribution in [1.82, 2.24) is 19.7 Å². The van der Waals surface area contributed by atoms with Crippen LogP contribution in [0.2, 0.25) is 5.02 Å². The summed E-state index contributed by atoms with van der Waals surface area (Å²) in [6, 6.07) is 6.76. The Kier molecular flexibility index (Phi) is 6.07. The molecular weight excluding hydrogens is 476 g/mol. The Hall–Kier alpha value is -4.19. The van der Waals surface area contributed by atoms with Gasteiger partial charge in [0.1, 0.15) is 18.5 Å². The number of fused-ring (bicyclic) bond motifs is 1. The van der Waals surface area contributed by atoms with Gasteiger partial charge in [0.2, 0.25) is 5.89 Å². The highest BCUT2D eigenvalue weighted by Crippen LogP contribution is 2.30. The van der Waals surface area contributed by atoms with Gasteiger partial charge in [-0.15, -0.1) is 0 Å². The van der Waals surface area contributed by atoms with Crippen LogP contribution in [0.25, 0.3) is 28.3 Å². The standard InChI is InChI=1S/C21H14ClF2N5O5/c1-9-6-10(16(20(30)31)28-33-2)7-11-15(9)26-19(34-21(11)32)14-8-13(17(23)24)27-29(14)18-12(22)4-3-5-25-18/h3-8,17H,1-2H3,(H,30,31). The van der Waals surface area contributed by atoms with Gasteiger partial charge in [0, 0.05) is 11.8 Å². The first-order chi connectivity index (χ1) is 16.2. The van der Waals surface area contributed by atoms with Crippen LogP contribution in [0.3, 0.4) is 0 Å². The second-order valence-electron chi connectivity index (χ2n) is 6.90. The van der Waals surface area contributed by atoms with Crippen molar-refractivity contribution < 1.29 is 27.9 Å². The van der Waals surface area contributed by atoms with E-state index in [1.165, 1.54) is 31.5 Å². The van der Waals surface area contributed by atoms with E-state index in [9.17, 15) is 23.5 Å². The zero-order valence-electron chi connectivity index (χ0n) is 17.5. The number of hydrogen-bond donors (Lipinski definition) is 1. The summed E-state index contributed by atoms with van der Waals surface area (Å²) in [6.45, 7) is 1.59. The highest BCUT2D eigenvalue weighted by Gasteiger charge is 2.24. The van der Waals surface area contributed by atoms with Gasteiger partial charge < -0.3 is 14.4 Å². The number of nitrogens with zero attached hydrogens (tertiary/aromatic N) is 5. The predicted octanol–water partition coefficient (Wildman–Crippen LogP) is 3.77. The molecule has 0 aliphatic heterocycles. The third kappa shape index (κ3) is 4.10. The number of hydrogen-bond acceptors (Lipinski definition) is 8. The van der Waals surface area contributed by atoms with E-state index in [1.54, 1.807) is 13.0 Å². The summed E-state index contributed by atoms with van der Waals surface area (Å²) in [7, 11) is 1.18. The van der Waals surface area contributed by atoms with Crippen molar-refractivity contribution in [2.75, 3.05) is 7.11 Å². The average molecular weight is 490 g/mol. The third-order valence-electron chi connectivity index (χ3n) is 4.69. The quantitative estimate of drug-likeness (QED) is 0.319. The Labute approximate surface area is 194 Å². The number of alkyl halides is 2. The molecule has 13 heteroatoms. The van der Waals surface area contributed by atoms with Crippen molar-refractivity contribution in [3.63, 3.8) is 0 Å². The van der Waals surface area contributed by atoms with Crippen molar-refractivity contribution in [3.05, 3.63) is 68.8 Å². The Morgan fingerprint density at radius 2 is 2.09 bits per heavy atom. The van der Waals surface area contributed by atoms with Crippen molar-refractivity contribution >= 4 is 34.2 Å². The topological polar surface area (TPSA) is 133 Å². The highest BCUT2D eigenvalue weighted by atomic mass is 35.5. The van der Waals surface area contributed by atoms with Gasteiger partial charge >= 0.3 is 11.6 Å². The molecule has 0 atom stereocenters. The zero-order chi connectivity index (χ0) is 24.6. The number of rotatable bonds is 6. The van der Waals surface area contributed by atoms with Crippen LogP contribution in [0.4, 0.5) is 8.78 Å². The maximum atomic E-state index is 13.4. The monoisotopic (exact) mass is 489 g/mol. The number of carboxylic acid groups (broad SMARTS) is 1. The summed E-state index contributed by atoms with van der Waals surface area (Å²) in [6.07, 6.45) is -1.53. The van der Waals surface area contributed by atoms with Crippen LogP contribution in [0.1, 0.15) is 23.2 Å². The second kappa shape index (κ2) is 8.98. The molecule has 0 unspecified atom stereocenters. The number of benzene rings is 1. The maximum Gasteiger partial charge on any atom is 0.358 e. The molecule has 10 nitrogen and oxygen atoms in total. The van der Waals surface area contributed by atoms with Crippen LogP contribution >= 0.6 is 11.6 Å². The molecule has 0 aliphatic rings. The van der Waals surface area contributed by atoms with Crippen LogP contribution in [0, 0.1) is 6.92 Å². The SMILES string of the molecule is CON=C(C(=O)O)c1cc(C)c2nc(-c3cc(C(F)F)nn3-c3ncccc3Cl)oc(=O)c2c1. The Morgan fingerprint density at radius 3 is 2.74 bits per heavy atom. The number of carbonyl (C=O) groups is 1. The van der Waals surface area contributed by atoms with Crippen molar-refractivity contribution in [2.24, 2.45) is 5.16 Å². The molecule has 4 aromatic rings. The second-order valence-corrected chi connectivity index (χ2v) is 7.31. The molecule has 0 aliphatic carbocycles. The van der Waals surface area contributed by atoms with E-state index in [0.717, 1.165) is 10.7 Å². The lowest BCUT2D eigenvalue weighted by molar-refractivity contribution is -0.129. The van der Waals surface area contributed by atoms with E-state index in [2.05, 4.69) is 25.1 Å². The smallest absolute Gasteiger partial charge is 0.358 e. The third-order valence-corrected chi connectivity index (χ3v) is 4.99. The van der Waals surface area contributed by atoms with Gasteiger partial charge in [-0.2, -0.15) is 5.10 Å². The van der Waals surface area contributed by atoms with Crippen LogP contribution in [0.15, 0.2) is 50.9 Å². The van der Waals surface area contributed by atoms with E-state index in [4.69, 9.17) is 16.0 Å². The van der Waals surface area contributed by atoms with Crippen LogP contribution < -0.4 is 5.63 Å². The molecule has 3 heterocycles. The molecular formula is C21H14ClF2N5O5. The van der Waals surface area contributed by atoms with E-state index < -0.39 is 29.4 Å². The minimum absolute atomic E-state index is 0.0320.